The monoisotopic (exact) mass is 577 g/mol. The molecule has 0 fully saturated rings. The zero-order valence-electron chi connectivity index (χ0n) is 25.2. The van der Waals surface area contributed by atoms with E-state index in [0.717, 1.165) is 33.0 Å². The first-order valence-corrected chi connectivity index (χ1v) is 15.6. The van der Waals surface area contributed by atoms with Crippen LogP contribution in [0.4, 0.5) is 5.69 Å². The lowest BCUT2D eigenvalue weighted by atomic mass is 10.0. The Labute approximate surface area is 245 Å². The number of amides is 2. The van der Waals surface area contributed by atoms with Gasteiger partial charge in [0, 0.05) is 12.6 Å². The number of anilines is 1. The zero-order chi connectivity index (χ0) is 30.3. The van der Waals surface area contributed by atoms with Crippen molar-refractivity contribution in [2.75, 3.05) is 10.8 Å². The minimum atomic E-state index is -4.10. The van der Waals surface area contributed by atoms with E-state index in [1.54, 1.807) is 43.3 Å². The molecule has 2 amide bonds. The third kappa shape index (κ3) is 8.19. The summed E-state index contributed by atoms with van der Waals surface area (Å²) in [5.41, 5.74) is 4.26. The standard InChI is InChI=1S/C33H43N3O4S/c1-8-26(6)34-33(38)27(7)35(21-28-11-9-10-25(5)20-28)32(37)22-36(30-16-14-29(15-17-30)23(2)3)41(39,40)31-18-12-24(4)13-19-31/h9-20,23,26-27H,8,21-22H2,1-7H3,(H,34,38)/t26-,27-/m1/s1. The predicted octanol–water partition coefficient (Wildman–Crippen LogP) is 5.95. The Bertz CT molecular complexity index is 1430. The third-order valence-electron chi connectivity index (χ3n) is 7.34. The molecule has 7 nitrogen and oxygen atoms in total. The van der Waals surface area contributed by atoms with Crippen molar-refractivity contribution < 1.29 is 18.0 Å². The molecule has 0 radical (unpaired) electrons. The maximum atomic E-state index is 14.1. The number of hydrogen-bond acceptors (Lipinski definition) is 4. The van der Waals surface area contributed by atoms with Gasteiger partial charge in [-0.2, -0.15) is 0 Å². The van der Waals surface area contributed by atoms with E-state index in [4.69, 9.17) is 0 Å². The van der Waals surface area contributed by atoms with E-state index < -0.39 is 28.5 Å². The van der Waals surface area contributed by atoms with Crippen LogP contribution in [0.3, 0.4) is 0 Å². The average Bonchev–Trinajstić information content (AvgIpc) is 2.94. The molecule has 41 heavy (non-hydrogen) atoms. The van der Waals surface area contributed by atoms with Crippen molar-refractivity contribution >= 4 is 27.5 Å². The van der Waals surface area contributed by atoms with Gasteiger partial charge in [0.05, 0.1) is 10.6 Å². The summed E-state index contributed by atoms with van der Waals surface area (Å²) in [6.07, 6.45) is 0.749. The van der Waals surface area contributed by atoms with Crippen LogP contribution in [0.1, 0.15) is 69.2 Å². The predicted molar refractivity (Wildman–Crippen MR) is 165 cm³/mol. The first-order valence-electron chi connectivity index (χ1n) is 14.2. The molecule has 0 heterocycles. The highest BCUT2D eigenvalue weighted by Crippen LogP contribution is 2.27. The molecule has 0 aromatic heterocycles. The quantitative estimate of drug-likeness (QED) is 0.288. The molecule has 8 heteroatoms. The molecule has 3 aromatic carbocycles. The number of nitrogens with zero attached hydrogens (tertiary/aromatic N) is 2. The number of benzene rings is 3. The molecule has 2 atom stereocenters. The average molecular weight is 578 g/mol. The molecule has 0 spiro atoms. The lowest BCUT2D eigenvalue weighted by molar-refractivity contribution is -0.139. The van der Waals surface area contributed by atoms with E-state index in [0.29, 0.717) is 5.69 Å². The first-order chi connectivity index (χ1) is 19.3. The summed E-state index contributed by atoms with van der Waals surface area (Å²) in [5.74, 6) is -0.487. The lowest BCUT2D eigenvalue weighted by Crippen LogP contribution is -2.52. The van der Waals surface area contributed by atoms with Crippen LogP contribution in [-0.2, 0) is 26.2 Å². The van der Waals surface area contributed by atoms with Gasteiger partial charge in [-0.05, 0) is 75.4 Å². The largest absolute Gasteiger partial charge is 0.352 e. The van der Waals surface area contributed by atoms with Crippen molar-refractivity contribution in [3.8, 4) is 0 Å². The number of hydrogen-bond donors (Lipinski definition) is 1. The summed E-state index contributed by atoms with van der Waals surface area (Å²) in [6.45, 7) is 13.3. The zero-order valence-corrected chi connectivity index (χ0v) is 26.0. The second-order valence-electron chi connectivity index (χ2n) is 11.1. The van der Waals surface area contributed by atoms with E-state index in [-0.39, 0.29) is 29.3 Å². The number of sulfonamides is 1. The van der Waals surface area contributed by atoms with Crippen LogP contribution >= 0.6 is 0 Å². The molecule has 3 rings (SSSR count). The third-order valence-corrected chi connectivity index (χ3v) is 9.13. The second kappa shape index (κ2) is 13.8. The van der Waals surface area contributed by atoms with Crippen LogP contribution in [0.5, 0.6) is 0 Å². The van der Waals surface area contributed by atoms with Crippen molar-refractivity contribution in [1.29, 1.82) is 0 Å². The SMILES string of the molecule is CC[C@@H](C)NC(=O)[C@@H](C)N(Cc1cccc(C)c1)C(=O)CN(c1ccc(C(C)C)cc1)S(=O)(=O)c1ccc(C)cc1. The maximum Gasteiger partial charge on any atom is 0.264 e. The minimum absolute atomic E-state index is 0.0567. The van der Waals surface area contributed by atoms with Gasteiger partial charge in [0.25, 0.3) is 10.0 Å². The van der Waals surface area contributed by atoms with Crippen LogP contribution in [-0.4, -0.2) is 43.8 Å². The van der Waals surface area contributed by atoms with Gasteiger partial charge < -0.3 is 10.2 Å². The summed E-state index contributed by atoms with van der Waals surface area (Å²) in [7, 11) is -4.10. The van der Waals surface area contributed by atoms with Gasteiger partial charge in [0.15, 0.2) is 0 Å². The summed E-state index contributed by atoms with van der Waals surface area (Å²) < 4.78 is 29.1. The summed E-state index contributed by atoms with van der Waals surface area (Å²) in [6, 6.07) is 20.7. The Balaban J connectivity index is 2.04. The molecular formula is C33H43N3O4S. The Morgan fingerprint density at radius 3 is 2.05 bits per heavy atom. The van der Waals surface area contributed by atoms with Gasteiger partial charge in [0.1, 0.15) is 12.6 Å². The molecule has 0 aliphatic rings. The molecule has 0 aliphatic carbocycles. The number of nitrogens with one attached hydrogen (secondary N) is 1. The Morgan fingerprint density at radius 2 is 1.49 bits per heavy atom. The van der Waals surface area contributed by atoms with E-state index in [1.165, 1.54) is 4.90 Å². The molecule has 0 saturated carbocycles. The van der Waals surface area contributed by atoms with Crippen molar-refractivity contribution in [2.24, 2.45) is 0 Å². The molecule has 1 N–H and O–H groups in total. The molecule has 0 saturated heterocycles. The van der Waals surface area contributed by atoms with Crippen LogP contribution in [0.25, 0.3) is 0 Å². The number of aryl methyl sites for hydroxylation is 2. The van der Waals surface area contributed by atoms with Crippen molar-refractivity contribution in [3.05, 3.63) is 95.1 Å². The second-order valence-corrected chi connectivity index (χ2v) is 12.9. The summed E-state index contributed by atoms with van der Waals surface area (Å²) in [4.78, 5) is 28.8. The van der Waals surface area contributed by atoms with Gasteiger partial charge in [-0.15, -0.1) is 0 Å². The first kappa shape index (κ1) is 31.9. The highest BCUT2D eigenvalue weighted by Gasteiger charge is 2.32. The maximum absolute atomic E-state index is 14.1. The van der Waals surface area contributed by atoms with Gasteiger partial charge in [-0.3, -0.25) is 13.9 Å². The number of rotatable bonds is 12. The fraction of sp³-hybridized carbons (Fsp3) is 0.394. The van der Waals surface area contributed by atoms with Gasteiger partial charge >= 0.3 is 0 Å². The summed E-state index contributed by atoms with van der Waals surface area (Å²) >= 11 is 0. The van der Waals surface area contributed by atoms with E-state index in [2.05, 4.69) is 19.2 Å². The molecule has 0 aliphatic heterocycles. The van der Waals surface area contributed by atoms with Gasteiger partial charge in [0.2, 0.25) is 11.8 Å². The lowest BCUT2D eigenvalue weighted by Gasteiger charge is -2.32. The van der Waals surface area contributed by atoms with Crippen molar-refractivity contribution in [2.45, 2.75) is 84.3 Å². The molecule has 0 unspecified atom stereocenters. The highest BCUT2D eigenvalue weighted by molar-refractivity contribution is 7.92. The highest BCUT2D eigenvalue weighted by atomic mass is 32.2. The topological polar surface area (TPSA) is 86.8 Å². The molecule has 220 valence electrons. The smallest absolute Gasteiger partial charge is 0.264 e. The van der Waals surface area contributed by atoms with Crippen LogP contribution in [0.2, 0.25) is 0 Å². The van der Waals surface area contributed by atoms with E-state index in [1.807, 2.05) is 64.1 Å². The van der Waals surface area contributed by atoms with Crippen molar-refractivity contribution in [1.82, 2.24) is 10.2 Å². The van der Waals surface area contributed by atoms with Crippen LogP contribution in [0, 0.1) is 13.8 Å². The van der Waals surface area contributed by atoms with Crippen LogP contribution < -0.4 is 9.62 Å². The Morgan fingerprint density at radius 1 is 0.854 bits per heavy atom. The number of carbonyl (C=O) groups is 2. The summed E-state index contributed by atoms with van der Waals surface area (Å²) in [5, 5.41) is 2.96. The Hall–Kier alpha value is -3.65. The molecular weight excluding hydrogens is 534 g/mol. The van der Waals surface area contributed by atoms with E-state index in [9.17, 15) is 18.0 Å². The van der Waals surface area contributed by atoms with Gasteiger partial charge in [-0.25, -0.2) is 8.42 Å². The van der Waals surface area contributed by atoms with Gasteiger partial charge in [-0.1, -0.05) is 80.4 Å². The minimum Gasteiger partial charge on any atom is -0.352 e. The molecule has 3 aromatic rings. The normalized spacial score (nSPS) is 13.0. The Kier molecular flexibility index (Phi) is 10.7. The van der Waals surface area contributed by atoms with Crippen molar-refractivity contribution in [3.63, 3.8) is 0 Å². The molecule has 0 bridgehead atoms. The van der Waals surface area contributed by atoms with Crippen LogP contribution in [0.15, 0.2) is 77.7 Å². The fourth-order valence-electron chi connectivity index (χ4n) is 4.45. The van der Waals surface area contributed by atoms with E-state index >= 15 is 0 Å². The number of carbonyl (C=O) groups excluding carboxylic acids is 2. The fourth-order valence-corrected chi connectivity index (χ4v) is 5.86.